The van der Waals surface area contributed by atoms with Gasteiger partial charge in [-0.25, -0.2) is 4.52 Å². The molecule has 7 nitrogen and oxygen atoms in total. The fraction of sp³-hybridized carbons (Fsp3) is 0.160. The van der Waals surface area contributed by atoms with Gasteiger partial charge in [0.1, 0.15) is 16.2 Å². The van der Waals surface area contributed by atoms with E-state index in [0.29, 0.717) is 11.3 Å². The van der Waals surface area contributed by atoms with E-state index in [2.05, 4.69) is 15.4 Å². The topological polar surface area (TPSA) is 84.5 Å². The molecule has 14 heteroatoms. The lowest BCUT2D eigenvalue weighted by atomic mass is 9.96. The summed E-state index contributed by atoms with van der Waals surface area (Å²) >= 11 is 1.44. The van der Waals surface area contributed by atoms with Gasteiger partial charge in [0.05, 0.1) is 21.7 Å². The van der Waals surface area contributed by atoms with Crippen molar-refractivity contribution < 1.29 is 29.3 Å². The average Bonchev–Trinajstić information content (AvgIpc) is 3.55. The molecule has 1 amide bonds. The summed E-state index contributed by atoms with van der Waals surface area (Å²) in [5.74, 6) is -1.05. The van der Waals surface area contributed by atoms with Gasteiger partial charge in [0.2, 0.25) is 0 Å². The summed E-state index contributed by atoms with van der Waals surface area (Å²) in [6.07, 6.45) is 5.21. The molecule has 2 N–H and O–H groups in total. The molecule has 0 saturated heterocycles. The molecule has 0 atom stereocenters. The standard InChI is InChI=1S/C25H22F5N5O2S2/c1-15-4-5-18(11-21(15)34-6-7-35-23(34)12-20(33-35)22-13-31-14-38-22)32-24(36)16-8-17(25(2,3)37)10-19(9-16)39(26,27,28,29)30/h4-14,37H,1-3H3,(H,32,36). The van der Waals surface area contributed by atoms with E-state index in [1.807, 2.05) is 17.6 Å². The lowest BCUT2D eigenvalue weighted by molar-refractivity contribution is 0.0782. The second kappa shape index (κ2) is 8.13. The Morgan fingerprint density at radius 1 is 1.05 bits per heavy atom. The minimum Gasteiger partial charge on any atom is -0.386 e. The third-order valence-electron chi connectivity index (χ3n) is 6.05. The summed E-state index contributed by atoms with van der Waals surface area (Å²) in [5, 5.41) is 17.2. The summed E-state index contributed by atoms with van der Waals surface area (Å²) in [5.41, 5.74) is 1.75. The fourth-order valence-corrected chi connectivity index (χ4v) is 5.28. The molecule has 206 valence electrons. The summed E-state index contributed by atoms with van der Waals surface area (Å²) in [6.45, 7) is 4.12. The molecule has 5 rings (SSSR count). The molecule has 0 aliphatic rings. The van der Waals surface area contributed by atoms with Gasteiger partial charge in [-0.05, 0) is 62.2 Å². The smallest absolute Gasteiger partial charge is 0.310 e. The van der Waals surface area contributed by atoms with Gasteiger partial charge in [0, 0.05) is 35.9 Å². The monoisotopic (exact) mass is 583 g/mol. The predicted octanol–water partition coefficient (Wildman–Crippen LogP) is 7.69. The number of aliphatic hydroxyl groups is 1. The summed E-state index contributed by atoms with van der Waals surface area (Å²) in [4.78, 5) is 15.7. The summed E-state index contributed by atoms with van der Waals surface area (Å²) < 4.78 is 71.7. The normalized spacial score (nSPS) is 14.3. The van der Waals surface area contributed by atoms with E-state index in [1.54, 1.807) is 46.8 Å². The van der Waals surface area contributed by atoms with Crippen LogP contribution in [-0.4, -0.2) is 30.2 Å². The number of fused-ring (bicyclic) bond motifs is 1. The molecule has 0 unspecified atom stereocenters. The second-order valence-electron chi connectivity index (χ2n) is 9.60. The minimum absolute atomic E-state index is 0.101. The lowest BCUT2D eigenvalue weighted by Crippen LogP contribution is -2.20. The van der Waals surface area contributed by atoms with Crippen molar-refractivity contribution in [1.29, 1.82) is 0 Å². The molecule has 0 saturated carbocycles. The van der Waals surface area contributed by atoms with E-state index in [9.17, 15) is 29.3 Å². The molecular weight excluding hydrogens is 561 g/mol. The van der Waals surface area contributed by atoms with E-state index >= 15 is 0 Å². The van der Waals surface area contributed by atoms with E-state index < -0.39 is 37.8 Å². The number of carbonyl (C=O) groups is 1. The highest BCUT2D eigenvalue weighted by Gasteiger charge is 2.65. The molecule has 39 heavy (non-hydrogen) atoms. The van der Waals surface area contributed by atoms with Crippen LogP contribution in [0.3, 0.4) is 0 Å². The van der Waals surface area contributed by atoms with Crippen molar-refractivity contribution in [1.82, 2.24) is 19.2 Å². The first-order chi connectivity index (χ1) is 17.9. The third-order valence-corrected chi connectivity index (χ3v) is 7.97. The van der Waals surface area contributed by atoms with Gasteiger partial charge in [-0.1, -0.05) is 25.5 Å². The number of rotatable bonds is 6. The van der Waals surface area contributed by atoms with Gasteiger partial charge >= 0.3 is 10.2 Å². The molecule has 3 heterocycles. The molecule has 5 aromatic rings. The Balaban J connectivity index is 1.52. The largest absolute Gasteiger partial charge is 0.386 e. The maximum absolute atomic E-state index is 13.6. The Morgan fingerprint density at radius 3 is 2.44 bits per heavy atom. The summed E-state index contributed by atoms with van der Waals surface area (Å²) in [7, 11) is -10.1. The van der Waals surface area contributed by atoms with Crippen LogP contribution in [0.15, 0.2) is 71.5 Å². The van der Waals surface area contributed by atoms with Crippen LogP contribution in [0.1, 0.15) is 35.3 Å². The Morgan fingerprint density at radius 2 is 1.79 bits per heavy atom. The van der Waals surface area contributed by atoms with Crippen molar-refractivity contribution in [3.05, 3.63) is 83.3 Å². The highest BCUT2D eigenvalue weighted by Crippen LogP contribution is 3.02. The SMILES string of the molecule is Cc1ccc(NC(=O)c2cc(C(C)(C)O)cc(S(F)(F)(F)(F)F)c2)cc1-n1ccn2nc(-c3cncs3)cc12. The quantitative estimate of drug-likeness (QED) is 0.201. The van der Waals surface area contributed by atoms with E-state index in [0.717, 1.165) is 36.0 Å². The highest BCUT2D eigenvalue weighted by molar-refractivity contribution is 8.45. The van der Waals surface area contributed by atoms with E-state index in [-0.39, 0.29) is 17.8 Å². The molecule has 2 aromatic carbocycles. The first kappa shape index (κ1) is 26.8. The number of halogens is 5. The second-order valence-corrected chi connectivity index (χ2v) is 12.9. The van der Waals surface area contributed by atoms with E-state index in [4.69, 9.17) is 0 Å². The Labute approximate surface area is 223 Å². The number of imidazole rings is 1. The number of anilines is 1. The van der Waals surface area contributed by atoms with Crippen LogP contribution in [-0.2, 0) is 5.60 Å². The maximum Gasteiger partial charge on any atom is 0.310 e. The first-order valence-corrected chi connectivity index (χ1v) is 14.2. The van der Waals surface area contributed by atoms with Gasteiger partial charge in [-0.3, -0.25) is 14.3 Å². The van der Waals surface area contributed by atoms with Gasteiger partial charge in [0.15, 0.2) is 0 Å². The zero-order chi connectivity index (χ0) is 28.4. The van der Waals surface area contributed by atoms with Crippen LogP contribution in [0, 0.1) is 6.92 Å². The highest BCUT2D eigenvalue weighted by atomic mass is 32.5. The number of carbonyl (C=O) groups excluding carboxylic acids is 1. The Kier molecular flexibility index (Phi) is 5.59. The number of amides is 1. The van der Waals surface area contributed by atoms with Crippen molar-refractivity contribution in [3.8, 4) is 16.3 Å². The maximum atomic E-state index is 13.6. The van der Waals surface area contributed by atoms with Crippen molar-refractivity contribution >= 4 is 38.8 Å². The van der Waals surface area contributed by atoms with Gasteiger partial charge in [-0.15, -0.1) is 11.3 Å². The fourth-order valence-electron chi connectivity index (χ4n) is 4.00. The predicted molar refractivity (Wildman–Crippen MR) is 141 cm³/mol. The van der Waals surface area contributed by atoms with Crippen molar-refractivity contribution in [3.63, 3.8) is 0 Å². The molecule has 0 fully saturated rings. The molecule has 3 aromatic heterocycles. The summed E-state index contributed by atoms with van der Waals surface area (Å²) in [6, 6.07) is 7.95. The van der Waals surface area contributed by atoms with Crippen LogP contribution in [0.4, 0.5) is 25.1 Å². The number of aryl methyl sites for hydroxylation is 1. The molecule has 0 bridgehead atoms. The van der Waals surface area contributed by atoms with E-state index in [1.165, 1.54) is 11.3 Å². The molecule has 0 spiro atoms. The number of hydrogen-bond acceptors (Lipinski definition) is 5. The number of nitrogens with one attached hydrogen (secondary N) is 1. The first-order valence-electron chi connectivity index (χ1n) is 11.4. The number of benzene rings is 2. The van der Waals surface area contributed by atoms with Crippen molar-refractivity contribution in [2.45, 2.75) is 31.3 Å². The minimum atomic E-state index is -10.1. The van der Waals surface area contributed by atoms with Crippen LogP contribution in [0.25, 0.3) is 21.9 Å². The number of hydrogen-bond donors (Lipinski definition) is 2. The molecule has 0 aliphatic carbocycles. The van der Waals surface area contributed by atoms with Crippen LogP contribution >= 0.6 is 21.6 Å². The Bertz CT molecular complexity index is 1740. The molecule has 0 aliphatic heterocycles. The zero-order valence-electron chi connectivity index (χ0n) is 20.7. The average molecular weight is 584 g/mol. The number of thiazole rings is 1. The van der Waals surface area contributed by atoms with Crippen LogP contribution in [0.5, 0.6) is 0 Å². The number of aromatic nitrogens is 4. The zero-order valence-corrected chi connectivity index (χ0v) is 22.3. The third kappa shape index (κ3) is 5.40. The lowest BCUT2D eigenvalue weighted by Gasteiger charge is -2.41. The van der Waals surface area contributed by atoms with Crippen LogP contribution in [0.2, 0.25) is 0 Å². The Hall–Kier alpha value is -3.75. The van der Waals surface area contributed by atoms with Gasteiger partial charge < -0.3 is 10.4 Å². The van der Waals surface area contributed by atoms with Crippen molar-refractivity contribution in [2.75, 3.05) is 5.32 Å². The number of nitrogens with zero attached hydrogens (tertiary/aromatic N) is 4. The van der Waals surface area contributed by atoms with Crippen LogP contribution < -0.4 is 5.32 Å². The van der Waals surface area contributed by atoms with Crippen molar-refractivity contribution in [2.24, 2.45) is 0 Å². The molecule has 0 radical (unpaired) electrons. The van der Waals surface area contributed by atoms with Gasteiger partial charge in [-0.2, -0.15) is 5.10 Å². The van der Waals surface area contributed by atoms with Gasteiger partial charge in [0.25, 0.3) is 5.91 Å². The molecular formula is C25H22F5N5O2S2.